The van der Waals surface area contributed by atoms with Crippen LogP contribution in [0.25, 0.3) is 10.8 Å². The van der Waals surface area contributed by atoms with Crippen LogP contribution in [-0.4, -0.2) is 74.5 Å². The Morgan fingerprint density at radius 1 is 1.39 bits per heavy atom. The fourth-order valence-electron chi connectivity index (χ4n) is 4.36. The predicted molar refractivity (Wildman–Crippen MR) is 126 cm³/mol. The number of fused-ring (bicyclic) bond motifs is 2. The van der Waals surface area contributed by atoms with E-state index in [9.17, 15) is 19.5 Å². The van der Waals surface area contributed by atoms with E-state index in [1.807, 2.05) is 47.3 Å². The number of aliphatic carboxylic acids is 1. The standard InChI is InChI=1S/C22H21N7O6S/c1-34-26-14(16-25-21(23)35-27-16)17(30)24-15-18(31)29-10-22(20(32)33,11-36-19(15)29)9-28-7-6-12-4-2-3-5-13(12)8-28/h2-8,15,19H,9-11H2,1H3,(H3-,23,24,25,27,30,32,33)/p+1/t15?,19-,22?/m1/s1. The number of nitrogens with one attached hydrogen (secondary N) is 1. The van der Waals surface area contributed by atoms with Gasteiger partial charge in [0.15, 0.2) is 24.4 Å². The largest absolute Gasteiger partial charge is 0.481 e. The van der Waals surface area contributed by atoms with Crippen LogP contribution in [0.15, 0.2) is 52.4 Å². The average Bonchev–Trinajstić information content (AvgIpc) is 3.31. The monoisotopic (exact) mass is 512 g/mol. The van der Waals surface area contributed by atoms with Crippen molar-refractivity contribution in [2.24, 2.45) is 10.6 Å². The number of anilines is 1. The number of pyridine rings is 1. The van der Waals surface area contributed by atoms with Gasteiger partial charge in [-0.3, -0.25) is 14.4 Å². The topological polar surface area (TPSA) is 177 Å². The molecular weight excluding hydrogens is 490 g/mol. The summed E-state index contributed by atoms with van der Waals surface area (Å²) in [6.45, 7) is 0.211. The number of benzene rings is 1. The van der Waals surface area contributed by atoms with Gasteiger partial charge in [0.25, 0.3) is 5.91 Å². The zero-order valence-corrected chi connectivity index (χ0v) is 19.8. The number of β-lactam (4-membered cyclic amide) rings is 1. The summed E-state index contributed by atoms with van der Waals surface area (Å²) in [4.78, 5) is 48.1. The average molecular weight is 513 g/mol. The molecule has 1 aromatic carbocycles. The second-order valence-corrected chi connectivity index (χ2v) is 9.63. The van der Waals surface area contributed by atoms with Gasteiger partial charge in [0.05, 0.1) is 0 Å². The molecule has 0 spiro atoms. The number of oxime groups is 1. The van der Waals surface area contributed by atoms with Crippen LogP contribution >= 0.6 is 11.8 Å². The lowest BCUT2D eigenvalue weighted by Gasteiger charge is -2.53. The van der Waals surface area contributed by atoms with Gasteiger partial charge >= 0.3 is 12.0 Å². The van der Waals surface area contributed by atoms with E-state index in [1.165, 1.54) is 23.8 Å². The highest BCUT2D eigenvalue weighted by Gasteiger charge is 2.59. The van der Waals surface area contributed by atoms with Gasteiger partial charge in [-0.15, -0.1) is 11.8 Å². The minimum atomic E-state index is -1.19. The lowest BCUT2D eigenvalue weighted by molar-refractivity contribution is -0.705. The van der Waals surface area contributed by atoms with Crippen molar-refractivity contribution in [2.75, 3.05) is 25.1 Å². The molecule has 0 bridgehead atoms. The molecule has 186 valence electrons. The SMILES string of the molecule is CON=C(C(=O)NC1C(=O)N2CC(C[n+]3ccc4ccccc4c3)(C(=O)O)CS[C@H]12)c1noc(N)n1. The zero-order chi connectivity index (χ0) is 25.4. The van der Waals surface area contributed by atoms with Crippen LogP contribution in [0.2, 0.25) is 0 Å². The lowest BCUT2D eigenvalue weighted by atomic mass is 9.86. The number of nitrogens with two attached hydrogens (primary N) is 1. The van der Waals surface area contributed by atoms with Crippen molar-refractivity contribution < 1.29 is 33.4 Å². The third kappa shape index (κ3) is 4.08. The number of hydrogen-bond donors (Lipinski definition) is 3. The molecule has 5 rings (SSSR count). The van der Waals surface area contributed by atoms with Crippen LogP contribution in [0.3, 0.4) is 0 Å². The molecule has 3 atom stereocenters. The van der Waals surface area contributed by atoms with E-state index in [0.717, 1.165) is 10.8 Å². The Kier molecular flexibility index (Phi) is 5.96. The summed E-state index contributed by atoms with van der Waals surface area (Å²) in [6.07, 6.45) is 3.74. The van der Waals surface area contributed by atoms with Gasteiger partial charge in [-0.1, -0.05) is 28.5 Å². The van der Waals surface area contributed by atoms with E-state index in [-0.39, 0.29) is 42.3 Å². The fourth-order valence-corrected chi connectivity index (χ4v) is 5.89. The summed E-state index contributed by atoms with van der Waals surface area (Å²) in [6, 6.07) is 8.61. The maximum absolute atomic E-state index is 12.9. The number of carbonyl (C=O) groups excluding carboxylic acids is 2. The first-order valence-electron chi connectivity index (χ1n) is 10.9. The molecule has 2 aromatic heterocycles. The highest BCUT2D eigenvalue weighted by molar-refractivity contribution is 8.00. The zero-order valence-electron chi connectivity index (χ0n) is 19.0. The van der Waals surface area contributed by atoms with E-state index >= 15 is 0 Å². The van der Waals surface area contributed by atoms with E-state index in [0.29, 0.717) is 0 Å². The number of aromatic nitrogens is 3. The van der Waals surface area contributed by atoms with Gasteiger partial charge in [-0.2, -0.15) is 4.98 Å². The van der Waals surface area contributed by atoms with E-state index in [2.05, 4.69) is 30.0 Å². The van der Waals surface area contributed by atoms with Crippen molar-refractivity contribution in [2.45, 2.75) is 18.0 Å². The van der Waals surface area contributed by atoms with E-state index < -0.39 is 28.7 Å². The number of nitrogen functional groups attached to an aromatic ring is 1. The van der Waals surface area contributed by atoms with Gasteiger partial charge < -0.3 is 30.4 Å². The minimum Gasteiger partial charge on any atom is -0.481 e. The van der Waals surface area contributed by atoms with Crippen LogP contribution in [0.5, 0.6) is 0 Å². The van der Waals surface area contributed by atoms with Crippen molar-refractivity contribution in [3.63, 3.8) is 0 Å². The quantitative estimate of drug-likeness (QED) is 0.164. The second-order valence-electron chi connectivity index (χ2n) is 8.53. The van der Waals surface area contributed by atoms with Crippen molar-refractivity contribution in [3.8, 4) is 0 Å². The van der Waals surface area contributed by atoms with E-state index in [1.54, 1.807) is 0 Å². The number of carboxylic acid groups (broad SMARTS) is 1. The molecule has 13 nitrogen and oxygen atoms in total. The Balaban J connectivity index is 1.30. The molecule has 36 heavy (non-hydrogen) atoms. The van der Waals surface area contributed by atoms with Crippen molar-refractivity contribution in [3.05, 3.63) is 48.5 Å². The molecule has 0 aliphatic carbocycles. The Labute approximate surface area is 208 Å². The molecule has 2 aliphatic heterocycles. The van der Waals surface area contributed by atoms with Crippen molar-refractivity contribution in [1.82, 2.24) is 20.4 Å². The molecule has 4 heterocycles. The van der Waals surface area contributed by atoms with Crippen molar-refractivity contribution >= 4 is 52.0 Å². The number of nitrogens with zero attached hydrogens (tertiary/aromatic N) is 5. The molecule has 14 heteroatoms. The number of rotatable bonds is 7. The molecule has 0 radical (unpaired) electrons. The molecule has 0 saturated carbocycles. The third-order valence-corrected chi connectivity index (χ3v) is 7.76. The second kappa shape index (κ2) is 9.11. The normalized spacial score (nSPS) is 23.6. The number of carbonyl (C=O) groups is 3. The maximum atomic E-state index is 12.9. The molecule has 4 N–H and O–H groups in total. The smallest absolute Gasteiger partial charge is 0.319 e. The Bertz CT molecular complexity index is 1390. The van der Waals surface area contributed by atoms with Gasteiger partial charge in [-0.05, 0) is 11.5 Å². The van der Waals surface area contributed by atoms with Crippen LogP contribution < -0.4 is 15.6 Å². The van der Waals surface area contributed by atoms with Crippen molar-refractivity contribution in [1.29, 1.82) is 0 Å². The Hall–Kier alpha value is -4.20. The molecule has 2 aliphatic rings. The van der Waals surface area contributed by atoms with E-state index in [4.69, 9.17) is 5.73 Å². The third-order valence-electron chi connectivity index (χ3n) is 6.17. The van der Waals surface area contributed by atoms with Gasteiger partial charge in [0.1, 0.15) is 18.5 Å². The van der Waals surface area contributed by atoms with Gasteiger partial charge in [0, 0.05) is 23.8 Å². The molecule has 2 saturated heterocycles. The number of carboxylic acids is 1. The summed E-state index contributed by atoms with van der Waals surface area (Å²) in [5, 5.41) is 21.5. The first-order chi connectivity index (χ1) is 17.3. The summed E-state index contributed by atoms with van der Waals surface area (Å²) in [5.74, 6) is -2.07. The lowest BCUT2D eigenvalue weighted by Crippen LogP contribution is -2.75. The summed E-state index contributed by atoms with van der Waals surface area (Å²) < 4.78 is 6.51. The summed E-state index contributed by atoms with van der Waals surface area (Å²) >= 11 is 1.31. The minimum absolute atomic E-state index is 0.0193. The van der Waals surface area contributed by atoms with Crippen LogP contribution in [0, 0.1) is 5.41 Å². The van der Waals surface area contributed by atoms with Crippen LogP contribution in [0.1, 0.15) is 5.82 Å². The molecule has 2 amide bonds. The van der Waals surface area contributed by atoms with Crippen LogP contribution in [0.4, 0.5) is 6.01 Å². The number of hydrogen-bond acceptors (Lipinski definition) is 10. The maximum Gasteiger partial charge on any atom is 0.319 e. The Morgan fingerprint density at radius 2 is 2.17 bits per heavy atom. The molecular formula is C22H22N7O6S+. The number of thioether (sulfide) groups is 1. The fraction of sp³-hybridized carbons (Fsp3) is 0.318. The highest BCUT2D eigenvalue weighted by Crippen LogP contribution is 2.42. The summed E-state index contributed by atoms with van der Waals surface area (Å²) in [7, 11) is 1.24. The van der Waals surface area contributed by atoms with Gasteiger partial charge in [-0.25, -0.2) is 4.57 Å². The first-order valence-corrected chi connectivity index (χ1v) is 11.9. The molecule has 2 unspecified atom stereocenters. The summed E-state index contributed by atoms with van der Waals surface area (Å²) in [5.41, 5.74) is 3.91. The molecule has 3 aromatic rings. The molecule has 2 fully saturated rings. The van der Waals surface area contributed by atoms with Crippen LogP contribution in [-0.2, 0) is 25.8 Å². The highest BCUT2D eigenvalue weighted by atomic mass is 32.2. The van der Waals surface area contributed by atoms with Gasteiger partial charge in [0.2, 0.25) is 17.4 Å². The number of amides is 2. The Morgan fingerprint density at radius 3 is 2.86 bits per heavy atom. The predicted octanol–water partition coefficient (Wildman–Crippen LogP) is -0.386. The first kappa shape index (κ1) is 23.5.